The van der Waals surface area contributed by atoms with Crippen LogP contribution < -0.4 is 4.72 Å². The molecule has 4 aromatic rings. The van der Waals surface area contributed by atoms with Crippen LogP contribution in [0.3, 0.4) is 0 Å². The van der Waals surface area contributed by atoms with Crippen molar-refractivity contribution in [3.05, 3.63) is 125 Å². The van der Waals surface area contributed by atoms with Crippen LogP contribution >= 0.6 is 0 Å². The van der Waals surface area contributed by atoms with Gasteiger partial charge in [0.25, 0.3) is 10.0 Å². The number of aromatic nitrogens is 2. The molecule has 1 aliphatic rings. The number of esters is 1. The van der Waals surface area contributed by atoms with E-state index in [-0.39, 0.29) is 40.1 Å². The van der Waals surface area contributed by atoms with Crippen molar-refractivity contribution < 1.29 is 31.8 Å². The number of rotatable bonds is 11. The second kappa shape index (κ2) is 13.3. The van der Waals surface area contributed by atoms with Crippen LogP contribution in [0.4, 0.5) is 14.5 Å². The Kier molecular flexibility index (Phi) is 9.58. The van der Waals surface area contributed by atoms with E-state index in [0.717, 1.165) is 11.1 Å². The number of hydrogen-bond donors (Lipinski definition) is 2. The van der Waals surface area contributed by atoms with E-state index in [0.29, 0.717) is 31.2 Å². The molecule has 11 heteroatoms. The molecule has 0 fully saturated rings. The lowest BCUT2D eigenvalue weighted by Crippen LogP contribution is -2.43. The number of sulfonamides is 1. The first-order valence-corrected chi connectivity index (χ1v) is 16.9. The van der Waals surface area contributed by atoms with Gasteiger partial charge in [0, 0.05) is 31.3 Å². The van der Waals surface area contributed by atoms with Crippen molar-refractivity contribution in [2.75, 3.05) is 4.72 Å². The molecule has 248 valence electrons. The molecule has 8 nitrogen and oxygen atoms in total. The second-order valence-corrected chi connectivity index (χ2v) is 14.9. The van der Waals surface area contributed by atoms with Crippen molar-refractivity contribution in [1.29, 1.82) is 0 Å². The zero-order valence-electron chi connectivity index (χ0n) is 26.8. The number of hydrogen-bond acceptors (Lipinski definition) is 6. The number of ether oxygens (including phenoxy) is 1. The monoisotopic (exact) mass is 663 g/mol. The molecule has 5 rings (SSSR count). The van der Waals surface area contributed by atoms with E-state index in [2.05, 4.69) is 9.71 Å². The summed E-state index contributed by atoms with van der Waals surface area (Å²) in [6, 6.07) is 18.9. The van der Waals surface area contributed by atoms with Crippen LogP contribution in [-0.2, 0) is 39.4 Å². The average molecular weight is 664 g/mol. The molecule has 1 atom stereocenters. The van der Waals surface area contributed by atoms with Gasteiger partial charge in [-0.25, -0.2) is 18.6 Å². The van der Waals surface area contributed by atoms with Crippen molar-refractivity contribution in [1.82, 2.24) is 9.55 Å². The molecule has 0 saturated carbocycles. The van der Waals surface area contributed by atoms with Crippen molar-refractivity contribution >= 4 is 21.7 Å². The lowest BCUT2D eigenvalue weighted by Gasteiger charge is -2.41. The van der Waals surface area contributed by atoms with E-state index in [1.54, 1.807) is 55.6 Å². The molecule has 47 heavy (non-hydrogen) atoms. The number of imidazole rings is 1. The molecule has 2 N–H and O–H groups in total. The quantitative estimate of drug-likeness (QED) is 0.162. The maximum Gasteiger partial charge on any atom is 0.338 e. The third kappa shape index (κ3) is 8.08. The minimum Gasteiger partial charge on any atom is -0.512 e. The zero-order valence-corrected chi connectivity index (χ0v) is 27.7. The van der Waals surface area contributed by atoms with Gasteiger partial charge in [-0.3, -0.25) is 4.72 Å². The van der Waals surface area contributed by atoms with Gasteiger partial charge in [0.15, 0.2) is 5.03 Å². The molecule has 0 bridgehead atoms. The van der Waals surface area contributed by atoms with Gasteiger partial charge in [-0.1, -0.05) is 57.2 Å². The third-order valence-electron chi connectivity index (χ3n) is 8.48. The minimum atomic E-state index is -3.97. The molecule has 0 spiro atoms. The number of nitrogens with zero attached hydrogens (tertiary/aromatic N) is 2. The predicted molar refractivity (Wildman–Crippen MR) is 175 cm³/mol. The first-order chi connectivity index (χ1) is 22.1. The van der Waals surface area contributed by atoms with E-state index in [1.165, 1.54) is 41.4 Å². The average Bonchev–Trinajstić information content (AvgIpc) is 3.45. The molecule has 1 aliphatic heterocycles. The van der Waals surface area contributed by atoms with Crippen LogP contribution in [0.15, 0.2) is 102 Å². The van der Waals surface area contributed by atoms with Gasteiger partial charge in [-0.2, -0.15) is 8.42 Å². The Balaban J connectivity index is 1.47. The molecule has 3 aromatic carbocycles. The highest BCUT2D eigenvalue weighted by Gasteiger charge is 2.46. The standard InChI is InChI=1S/C36H39F2N3O5S/c1-35(2,3)33(26-6-5-7-29(20-26)40-47(44,45)31-22-41(4)23-39-31)32-30(42)21-36(46-34(32)43,18-16-24-8-12-27(37)13-9-24)19-17-25-10-14-28(38)15-11-25/h5-15,20,22-23,33,40,42H,16-19,21H2,1-4H3. The summed E-state index contributed by atoms with van der Waals surface area (Å²) in [5.41, 5.74) is 1.05. The van der Waals surface area contributed by atoms with Gasteiger partial charge < -0.3 is 14.4 Å². The lowest BCUT2D eigenvalue weighted by atomic mass is 9.70. The Morgan fingerprint density at radius 3 is 2.04 bits per heavy atom. The van der Waals surface area contributed by atoms with Gasteiger partial charge in [0.1, 0.15) is 23.0 Å². The summed E-state index contributed by atoms with van der Waals surface area (Å²) in [4.78, 5) is 18.0. The van der Waals surface area contributed by atoms with Crippen LogP contribution in [0.5, 0.6) is 0 Å². The number of nitrogens with one attached hydrogen (secondary N) is 1. The molecule has 0 saturated heterocycles. The normalized spacial score (nSPS) is 15.7. The topological polar surface area (TPSA) is 111 Å². The van der Waals surface area contributed by atoms with Gasteiger partial charge in [0.2, 0.25) is 0 Å². The van der Waals surface area contributed by atoms with E-state index >= 15 is 0 Å². The first-order valence-electron chi connectivity index (χ1n) is 15.4. The van der Waals surface area contributed by atoms with Crippen LogP contribution in [0.1, 0.15) is 62.6 Å². The Morgan fingerprint density at radius 2 is 1.55 bits per heavy atom. The Bertz CT molecular complexity index is 1830. The van der Waals surface area contributed by atoms with Gasteiger partial charge in [-0.05, 0) is 84.2 Å². The highest BCUT2D eigenvalue weighted by atomic mass is 32.2. The highest BCUT2D eigenvalue weighted by Crippen LogP contribution is 2.47. The minimum absolute atomic E-state index is 0.0506. The fourth-order valence-corrected chi connectivity index (χ4v) is 7.19. The molecule has 0 aliphatic carbocycles. The van der Waals surface area contributed by atoms with Gasteiger partial charge in [0.05, 0.1) is 11.9 Å². The number of aryl methyl sites for hydroxylation is 3. The summed E-state index contributed by atoms with van der Waals surface area (Å²) in [7, 11) is -2.30. The molecular weight excluding hydrogens is 624 g/mol. The number of anilines is 1. The van der Waals surface area contributed by atoms with E-state index in [1.807, 2.05) is 20.8 Å². The predicted octanol–water partition coefficient (Wildman–Crippen LogP) is 7.39. The Hall–Kier alpha value is -4.51. The Labute approximate surface area is 274 Å². The van der Waals surface area contributed by atoms with Crippen LogP contribution in [0, 0.1) is 17.0 Å². The molecule has 1 aromatic heterocycles. The summed E-state index contributed by atoms with van der Waals surface area (Å²) < 4.78 is 63.5. The van der Waals surface area contributed by atoms with E-state index in [9.17, 15) is 27.1 Å². The van der Waals surface area contributed by atoms with Crippen LogP contribution in [0.2, 0.25) is 0 Å². The van der Waals surface area contributed by atoms with Crippen molar-refractivity contribution in [3.63, 3.8) is 0 Å². The smallest absolute Gasteiger partial charge is 0.338 e. The van der Waals surface area contributed by atoms with Crippen LogP contribution in [-0.4, -0.2) is 34.6 Å². The van der Waals surface area contributed by atoms with E-state index in [4.69, 9.17) is 4.74 Å². The fourth-order valence-electron chi connectivity index (χ4n) is 6.16. The summed E-state index contributed by atoms with van der Waals surface area (Å²) >= 11 is 0. The van der Waals surface area contributed by atoms with Crippen molar-refractivity contribution in [3.8, 4) is 0 Å². The number of benzene rings is 3. The number of aliphatic hydroxyl groups excluding tert-OH is 1. The first kappa shape index (κ1) is 33.8. The molecule has 0 radical (unpaired) electrons. The molecule has 1 unspecified atom stereocenters. The van der Waals surface area contributed by atoms with E-state index < -0.39 is 32.9 Å². The summed E-state index contributed by atoms with van der Waals surface area (Å²) in [5.74, 6) is -2.11. The highest BCUT2D eigenvalue weighted by molar-refractivity contribution is 7.92. The molecule has 2 heterocycles. The third-order valence-corrected chi connectivity index (χ3v) is 9.74. The summed E-state index contributed by atoms with van der Waals surface area (Å²) in [6.07, 6.45) is 4.52. The number of carbonyl (C=O) groups excluding carboxylic acids is 1. The van der Waals surface area contributed by atoms with Gasteiger partial charge in [-0.15, -0.1) is 0 Å². The summed E-state index contributed by atoms with van der Waals surface area (Å²) in [6.45, 7) is 5.79. The number of halogens is 2. The summed E-state index contributed by atoms with van der Waals surface area (Å²) in [5, 5.41) is 11.6. The largest absolute Gasteiger partial charge is 0.512 e. The van der Waals surface area contributed by atoms with Crippen molar-refractivity contribution in [2.45, 2.75) is 69.4 Å². The van der Waals surface area contributed by atoms with Gasteiger partial charge >= 0.3 is 5.97 Å². The lowest BCUT2D eigenvalue weighted by molar-refractivity contribution is -0.161. The SMILES string of the molecule is Cn1cnc(S(=O)(=O)Nc2cccc(C(C3=C(O)CC(CCc4ccc(F)cc4)(CCc4ccc(F)cc4)OC3=O)C(C)(C)C)c2)c1. The zero-order chi connectivity index (χ0) is 34.0. The number of aliphatic hydroxyl groups is 1. The Morgan fingerprint density at radius 1 is 0.979 bits per heavy atom. The maximum atomic E-state index is 14.0. The number of carbonyl (C=O) groups is 1. The maximum absolute atomic E-state index is 14.0. The molecular formula is C36H39F2N3O5S. The molecule has 0 amide bonds. The van der Waals surface area contributed by atoms with Crippen molar-refractivity contribution in [2.24, 2.45) is 12.5 Å². The fraction of sp³-hybridized carbons (Fsp3) is 0.333. The second-order valence-electron chi connectivity index (χ2n) is 13.3. The number of cyclic esters (lactones) is 1. The van der Waals surface area contributed by atoms with Crippen LogP contribution in [0.25, 0.3) is 0 Å².